The van der Waals surface area contributed by atoms with Gasteiger partial charge in [0.15, 0.2) is 5.78 Å². The van der Waals surface area contributed by atoms with Gasteiger partial charge in [-0.2, -0.15) is 0 Å². The van der Waals surface area contributed by atoms with Crippen LogP contribution < -0.4 is 4.74 Å². The lowest BCUT2D eigenvalue weighted by atomic mass is 10.1. The van der Waals surface area contributed by atoms with Gasteiger partial charge in [0, 0.05) is 11.8 Å². The molecule has 0 unspecified atom stereocenters. The molecule has 1 aromatic rings. The number of rotatable bonds is 6. The van der Waals surface area contributed by atoms with Crippen molar-refractivity contribution in [2.75, 3.05) is 0 Å². The maximum absolute atomic E-state index is 12.0. The number of hydrogen-bond donors (Lipinski definition) is 0. The first-order chi connectivity index (χ1) is 8.56. The lowest BCUT2D eigenvalue weighted by molar-refractivity contribution is 0.104. The lowest BCUT2D eigenvalue weighted by Crippen LogP contribution is -2.07. The van der Waals surface area contributed by atoms with E-state index in [9.17, 15) is 4.79 Å². The van der Waals surface area contributed by atoms with Gasteiger partial charge in [0.05, 0.1) is 12.3 Å². The van der Waals surface area contributed by atoms with Gasteiger partial charge in [-0.05, 0) is 38.8 Å². The van der Waals surface area contributed by atoms with Gasteiger partial charge in [-0.1, -0.05) is 19.4 Å². The summed E-state index contributed by atoms with van der Waals surface area (Å²) in [5, 5.41) is 0. The van der Waals surface area contributed by atoms with Gasteiger partial charge in [-0.3, -0.25) is 9.78 Å². The number of carbonyl (C=O) groups excluding carboxylic acids is 1. The van der Waals surface area contributed by atoms with E-state index in [2.05, 4.69) is 18.8 Å². The zero-order valence-corrected chi connectivity index (χ0v) is 11.6. The average Bonchev–Trinajstić information content (AvgIpc) is 2.35. The Kier molecular flexibility index (Phi) is 5.56. The third-order valence-corrected chi connectivity index (χ3v) is 2.61. The molecule has 1 rings (SSSR count). The van der Waals surface area contributed by atoms with Gasteiger partial charge in [0.1, 0.15) is 5.75 Å². The Morgan fingerprint density at radius 1 is 1.33 bits per heavy atom. The number of ketones is 1. The Labute approximate surface area is 109 Å². The number of aromatic nitrogens is 1. The molecule has 18 heavy (non-hydrogen) atoms. The molecule has 0 saturated heterocycles. The number of ether oxygens (including phenoxy) is 1. The van der Waals surface area contributed by atoms with Crippen LogP contribution in [-0.4, -0.2) is 16.9 Å². The summed E-state index contributed by atoms with van der Waals surface area (Å²) >= 11 is 0. The predicted octanol–water partition coefficient (Wildman–Crippen LogP) is 3.80. The van der Waals surface area contributed by atoms with Gasteiger partial charge in [-0.25, -0.2) is 0 Å². The second-order valence-electron chi connectivity index (χ2n) is 4.45. The van der Waals surface area contributed by atoms with E-state index in [0.29, 0.717) is 11.3 Å². The van der Waals surface area contributed by atoms with Crippen LogP contribution in [0, 0.1) is 0 Å². The maximum atomic E-state index is 12.0. The van der Waals surface area contributed by atoms with E-state index in [1.54, 1.807) is 24.5 Å². The van der Waals surface area contributed by atoms with E-state index in [1.165, 1.54) is 0 Å². The molecule has 1 heterocycles. The molecule has 3 nitrogen and oxygen atoms in total. The summed E-state index contributed by atoms with van der Waals surface area (Å²) in [4.78, 5) is 16.1. The summed E-state index contributed by atoms with van der Waals surface area (Å²) in [6, 6.07) is 1.74. The highest BCUT2D eigenvalue weighted by Crippen LogP contribution is 2.15. The van der Waals surface area contributed by atoms with Gasteiger partial charge in [0.2, 0.25) is 0 Å². The topological polar surface area (TPSA) is 39.2 Å². The Bertz CT molecular complexity index is 430. The van der Waals surface area contributed by atoms with Crippen molar-refractivity contribution in [1.29, 1.82) is 0 Å². The molecule has 0 spiro atoms. The highest BCUT2D eigenvalue weighted by atomic mass is 16.5. The largest absolute Gasteiger partial charge is 0.489 e. The van der Waals surface area contributed by atoms with Crippen molar-refractivity contribution in [1.82, 2.24) is 4.98 Å². The molecule has 3 heteroatoms. The molecule has 0 radical (unpaired) electrons. The standard InChI is InChI=1S/C15H21NO2/c1-5-12(6-2)7-15(17)13-8-14(10-16-9-13)18-11(3)4/h7-11H,5-6H2,1-4H3. The highest BCUT2D eigenvalue weighted by molar-refractivity contribution is 6.04. The fourth-order valence-corrected chi connectivity index (χ4v) is 1.61. The summed E-state index contributed by atoms with van der Waals surface area (Å²) in [5.74, 6) is 0.634. The molecular weight excluding hydrogens is 226 g/mol. The van der Waals surface area contributed by atoms with E-state index in [1.807, 2.05) is 13.8 Å². The molecule has 0 aliphatic heterocycles. The normalized spacial score (nSPS) is 10.3. The van der Waals surface area contributed by atoms with Crippen LogP contribution in [0.5, 0.6) is 5.75 Å². The second-order valence-corrected chi connectivity index (χ2v) is 4.45. The second kappa shape index (κ2) is 6.94. The summed E-state index contributed by atoms with van der Waals surface area (Å²) in [7, 11) is 0. The minimum atomic E-state index is -0.00425. The van der Waals surface area contributed by atoms with Crippen LogP contribution in [-0.2, 0) is 0 Å². The first-order valence-electron chi connectivity index (χ1n) is 6.42. The molecule has 0 N–H and O–H groups in total. The van der Waals surface area contributed by atoms with E-state index < -0.39 is 0 Å². The van der Waals surface area contributed by atoms with E-state index >= 15 is 0 Å². The van der Waals surface area contributed by atoms with Crippen LogP contribution in [0.1, 0.15) is 50.9 Å². The van der Waals surface area contributed by atoms with Crippen LogP contribution in [0.4, 0.5) is 0 Å². The van der Waals surface area contributed by atoms with Crippen LogP contribution in [0.2, 0.25) is 0 Å². The Morgan fingerprint density at radius 3 is 2.56 bits per heavy atom. The molecule has 0 fully saturated rings. The molecule has 0 bridgehead atoms. The van der Waals surface area contributed by atoms with Gasteiger partial charge < -0.3 is 4.74 Å². The van der Waals surface area contributed by atoms with Gasteiger partial charge in [-0.15, -0.1) is 0 Å². The zero-order valence-electron chi connectivity index (χ0n) is 11.6. The monoisotopic (exact) mass is 247 g/mol. The lowest BCUT2D eigenvalue weighted by Gasteiger charge is -2.09. The summed E-state index contributed by atoms with van der Waals surface area (Å²) in [6.07, 6.45) is 6.79. The Morgan fingerprint density at radius 2 is 2.00 bits per heavy atom. The average molecular weight is 247 g/mol. The summed E-state index contributed by atoms with van der Waals surface area (Å²) < 4.78 is 5.53. The number of hydrogen-bond acceptors (Lipinski definition) is 3. The van der Waals surface area contributed by atoms with Crippen molar-refractivity contribution in [3.63, 3.8) is 0 Å². The Hall–Kier alpha value is -1.64. The van der Waals surface area contributed by atoms with Crippen LogP contribution >= 0.6 is 0 Å². The quantitative estimate of drug-likeness (QED) is 0.567. The minimum Gasteiger partial charge on any atom is -0.489 e. The number of carbonyl (C=O) groups is 1. The van der Waals surface area contributed by atoms with Crippen molar-refractivity contribution in [2.45, 2.75) is 46.6 Å². The fourth-order valence-electron chi connectivity index (χ4n) is 1.61. The first-order valence-corrected chi connectivity index (χ1v) is 6.42. The third kappa shape index (κ3) is 4.32. The molecular formula is C15H21NO2. The highest BCUT2D eigenvalue weighted by Gasteiger charge is 2.07. The molecule has 1 aromatic heterocycles. The number of pyridine rings is 1. The van der Waals surface area contributed by atoms with Crippen molar-refractivity contribution >= 4 is 5.78 Å². The summed E-state index contributed by atoms with van der Waals surface area (Å²) in [5.41, 5.74) is 1.72. The molecule has 0 atom stereocenters. The SMILES string of the molecule is CCC(=CC(=O)c1cncc(OC(C)C)c1)CC. The molecule has 0 aliphatic rings. The van der Waals surface area contributed by atoms with Crippen molar-refractivity contribution in [2.24, 2.45) is 0 Å². The molecule has 0 aromatic carbocycles. The smallest absolute Gasteiger partial charge is 0.187 e. The van der Waals surface area contributed by atoms with Crippen LogP contribution in [0.25, 0.3) is 0 Å². The Balaban J connectivity index is 2.89. The summed E-state index contributed by atoms with van der Waals surface area (Å²) in [6.45, 7) is 8.00. The number of allylic oxidation sites excluding steroid dienone is 2. The van der Waals surface area contributed by atoms with Gasteiger partial charge in [0.25, 0.3) is 0 Å². The van der Waals surface area contributed by atoms with Gasteiger partial charge >= 0.3 is 0 Å². The molecule has 0 aliphatic carbocycles. The predicted molar refractivity (Wildman–Crippen MR) is 73.0 cm³/mol. The molecule has 0 amide bonds. The van der Waals surface area contributed by atoms with E-state index in [0.717, 1.165) is 18.4 Å². The number of nitrogens with zero attached hydrogens (tertiary/aromatic N) is 1. The van der Waals surface area contributed by atoms with Crippen LogP contribution in [0.3, 0.4) is 0 Å². The minimum absolute atomic E-state index is 0.00425. The fraction of sp³-hybridized carbons (Fsp3) is 0.467. The van der Waals surface area contributed by atoms with E-state index in [-0.39, 0.29) is 11.9 Å². The van der Waals surface area contributed by atoms with Crippen molar-refractivity contribution in [3.8, 4) is 5.75 Å². The van der Waals surface area contributed by atoms with E-state index in [4.69, 9.17) is 4.74 Å². The van der Waals surface area contributed by atoms with Crippen LogP contribution in [0.15, 0.2) is 30.1 Å². The van der Waals surface area contributed by atoms with Crippen molar-refractivity contribution < 1.29 is 9.53 Å². The first kappa shape index (κ1) is 14.4. The molecule has 0 saturated carbocycles. The maximum Gasteiger partial charge on any atom is 0.187 e. The third-order valence-electron chi connectivity index (χ3n) is 2.61. The molecule has 98 valence electrons. The zero-order chi connectivity index (χ0) is 13.5. The van der Waals surface area contributed by atoms with Crippen molar-refractivity contribution in [3.05, 3.63) is 35.7 Å².